The number of ether oxygens (including phenoxy) is 1. The van der Waals surface area contributed by atoms with E-state index in [0.29, 0.717) is 18.2 Å². The van der Waals surface area contributed by atoms with Crippen molar-refractivity contribution in [2.24, 2.45) is 0 Å². The third kappa shape index (κ3) is 5.05. The smallest absolute Gasteiger partial charge is 0.338 e. The highest BCUT2D eigenvalue weighted by molar-refractivity contribution is 5.89. The van der Waals surface area contributed by atoms with Crippen molar-refractivity contribution in [2.75, 3.05) is 32.1 Å². The molecule has 1 aromatic rings. The van der Waals surface area contributed by atoms with Crippen LogP contribution in [0.5, 0.6) is 0 Å². The Hall–Kier alpha value is -1.55. The Balaban J connectivity index is 1.69. The molecule has 0 saturated heterocycles. The largest absolute Gasteiger partial charge is 0.461 e. The number of anilines is 1. The van der Waals surface area contributed by atoms with E-state index in [9.17, 15) is 4.79 Å². The van der Waals surface area contributed by atoms with Crippen molar-refractivity contribution in [1.82, 2.24) is 5.32 Å². The molecule has 1 fully saturated rings. The average Bonchev–Trinajstić information content (AvgIpc) is 2.52. The Morgan fingerprint density at radius 2 is 1.86 bits per heavy atom. The van der Waals surface area contributed by atoms with Gasteiger partial charge < -0.3 is 15.0 Å². The van der Waals surface area contributed by atoms with Gasteiger partial charge in [0.25, 0.3) is 0 Å². The monoisotopic (exact) mass is 290 g/mol. The fourth-order valence-corrected chi connectivity index (χ4v) is 2.69. The fraction of sp³-hybridized carbons (Fsp3) is 0.588. The number of rotatable bonds is 6. The van der Waals surface area contributed by atoms with Gasteiger partial charge in [0.15, 0.2) is 0 Å². The minimum atomic E-state index is -0.245. The van der Waals surface area contributed by atoms with Gasteiger partial charge in [-0.25, -0.2) is 4.79 Å². The number of hydrogen-bond acceptors (Lipinski definition) is 4. The molecule has 4 nitrogen and oxygen atoms in total. The van der Waals surface area contributed by atoms with Crippen LogP contribution in [0.3, 0.4) is 0 Å². The van der Waals surface area contributed by atoms with Crippen molar-refractivity contribution < 1.29 is 9.53 Å². The van der Waals surface area contributed by atoms with Crippen LogP contribution in [0.1, 0.15) is 42.5 Å². The molecule has 4 heteroatoms. The summed E-state index contributed by atoms with van der Waals surface area (Å²) in [5, 5.41) is 3.47. The van der Waals surface area contributed by atoms with Crippen molar-refractivity contribution in [1.29, 1.82) is 0 Å². The first-order valence-electron chi connectivity index (χ1n) is 7.85. The maximum Gasteiger partial charge on any atom is 0.338 e. The van der Waals surface area contributed by atoms with Crippen LogP contribution in [-0.4, -0.2) is 39.3 Å². The topological polar surface area (TPSA) is 41.6 Å². The number of esters is 1. The zero-order chi connectivity index (χ0) is 15.1. The maximum atomic E-state index is 11.9. The molecule has 0 amide bonds. The van der Waals surface area contributed by atoms with Crippen LogP contribution in [0.2, 0.25) is 0 Å². The van der Waals surface area contributed by atoms with Gasteiger partial charge in [0, 0.05) is 32.4 Å². The van der Waals surface area contributed by atoms with Crippen LogP contribution >= 0.6 is 0 Å². The standard InChI is InChI=1S/C17H26N2O2/c1-19(2)16-10-8-14(9-11-16)17(20)21-13-12-18-15-6-4-3-5-7-15/h8-11,15,18H,3-7,12-13H2,1-2H3. The van der Waals surface area contributed by atoms with Gasteiger partial charge in [-0.05, 0) is 37.1 Å². The van der Waals surface area contributed by atoms with E-state index in [1.54, 1.807) is 0 Å². The summed E-state index contributed by atoms with van der Waals surface area (Å²) >= 11 is 0. The predicted molar refractivity (Wildman–Crippen MR) is 85.9 cm³/mol. The molecule has 0 unspecified atom stereocenters. The second kappa shape index (κ2) is 8.03. The average molecular weight is 290 g/mol. The van der Waals surface area contributed by atoms with Crippen molar-refractivity contribution in [3.05, 3.63) is 29.8 Å². The number of carbonyl (C=O) groups excluding carboxylic acids is 1. The molecule has 2 rings (SSSR count). The molecule has 0 bridgehead atoms. The molecular formula is C17H26N2O2. The van der Waals surface area contributed by atoms with E-state index in [-0.39, 0.29) is 5.97 Å². The molecule has 1 aromatic carbocycles. The highest BCUT2D eigenvalue weighted by atomic mass is 16.5. The molecule has 0 spiro atoms. The molecule has 0 atom stereocenters. The van der Waals surface area contributed by atoms with E-state index in [0.717, 1.165) is 12.2 Å². The molecule has 0 aromatic heterocycles. The van der Waals surface area contributed by atoms with E-state index >= 15 is 0 Å². The Bertz CT molecular complexity index is 437. The molecule has 21 heavy (non-hydrogen) atoms. The quantitative estimate of drug-likeness (QED) is 0.646. The van der Waals surface area contributed by atoms with Gasteiger partial charge in [0.2, 0.25) is 0 Å². The highest BCUT2D eigenvalue weighted by Gasteiger charge is 2.12. The summed E-state index contributed by atoms with van der Waals surface area (Å²) in [6.45, 7) is 1.18. The summed E-state index contributed by atoms with van der Waals surface area (Å²) in [5.41, 5.74) is 1.68. The van der Waals surface area contributed by atoms with E-state index in [1.165, 1.54) is 32.1 Å². The van der Waals surface area contributed by atoms with Gasteiger partial charge in [-0.2, -0.15) is 0 Å². The number of hydrogen-bond donors (Lipinski definition) is 1. The number of nitrogens with one attached hydrogen (secondary N) is 1. The van der Waals surface area contributed by atoms with Crippen molar-refractivity contribution >= 4 is 11.7 Å². The molecular weight excluding hydrogens is 264 g/mol. The van der Waals surface area contributed by atoms with Crippen LogP contribution in [0.4, 0.5) is 5.69 Å². The molecule has 1 aliphatic rings. The van der Waals surface area contributed by atoms with Gasteiger partial charge in [0.1, 0.15) is 6.61 Å². The van der Waals surface area contributed by atoms with Crippen molar-refractivity contribution in [3.63, 3.8) is 0 Å². The lowest BCUT2D eigenvalue weighted by atomic mass is 9.96. The molecule has 0 heterocycles. The molecule has 1 saturated carbocycles. The van der Waals surface area contributed by atoms with Gasteiger partial charge in [0.05, 0.1) is 5.56 Å². The lowest BCUT2D eigenvalue weighted by Crippen LogP contribution is -2.33. The second-order valence-electron chi connectivity index (χ2n) is 5.87. The highest BCUT2D eigenvalue weighted by Crippen LogP contribution is 2.17. The van der Waals surface area contributed by atoms with Gasteiger partial charge in [-0.1, -0.05) is 19.3 Å². The number of nitrogens with zero attached hydrogens (tertiary/aromatic N) is 1. The normalized spacial score (nSPS) is 15.7. The lowest BCUT2D eigenvalue weighted by Gasteiger charge is -2.22. The summed E-state index contributed by atoms with van der Waals surface area (Å²) < 4.78 is 5.30. The van der Waals surface area contributed by atoms with E-state index in [4.69, 9.17) is 4.74 Å². The molecule has 0 aliphatic heterocycles. The maximum absolute atomic E-state index is 11.9. The van der Waals surface area contributed by atoms with E-state index in [1.807, 2.05) is 43.3 Å². The molecule has 1 aliphatic carbocycles. The fourth-order valence-electron chi connectivity index (χ4n) is 2.69. The SMILES string of the molecule is CN(C)c1ccc(C(=O)OCCNC2CCCCC2)cc1. The Kier molecular flexibility index (Phi) is 6.05. The van der Waals surface area contributed by atoms with Gasteiger partial charge >= 0.3 is 5.97 Å². The second-order valence-corrected chi connectivity index (χ2v) is 5.87. The summed E-state index contributed by atoms with van der Waals surface area (Å²) in [7, 11) is 3.95. The van der Waals surface area contributed by atoms with E-state index in [2.05, 4.69) is 5.32 Å². The predicted octanol–water partition coefficient (Wildman–Crippen LogP) is 2.83. The first-order chi connectivity index (χ1) is 10.2. The minimum Gasteiger partial charge on any atom is -0.461 e. The minimum absolute atomic E-state index is 0.245. The summed E-state index contributed by atoms with van der Waals surface area (Å²) in [6.07, 6.45) is 6.49. The Morgan fingerprint density at radius 1 is 1.19 bits per heavy atom. The third-order valence-corrected chi connectivity index (χ3v) is 3.99. The summed E-state index contributed by atoms with van der Waals surface area (Å²) in [6, 6.07) is 8.09. The van der Waals surface area contributed by atoms with Crippen LogP contribution in [0, 0.1) is 0 Å². The van der Waals surface area contributed by atoms with Crippen LogP contribution in [0.15, 0.2) is 24.3 Å². The molecule has 0 radical (unpaired) electrons. The van der Waals surface area contributed by atoms with Gasteiger partial charge in [-0.15, -0.1) is 0 Å². The van der Waals surface area contributed by atoms with Gasteiger partial charge in [-0.3, -0.25) is 0 Å². The third-order valence-electron chi connectivity index (χ3n) is 3.99. The van der Waals surface area contributed by atoms with Crippen LogP contribution in [0.25, 0.3) is 0 Å². The Morgan fingerprint density at radius 3 is 2.48 bits per heavy atom. The van der Waals surface area contributed by atoms with Crippen LogP contribution < -0.4 is 10.2 Å². The molecule has 1 N–H and O–H groups in total. The number of benzene rings is 1. The summed E-state index contributed by atoms with van der Waals surface area (Å²) in [5.74, 6) is -0.245. The first-order valence-corrected chi connectivity index (χ1v) is 7.85. The zero-order valence-corrected chi connectivity index (χ0v) is 13.1. The van der Waals surface area contributed by atoms with Crippen molar-refractivity contribution in [3.8, 4) is 0 Å². The first kappa shape index (κ1) is 15.8. The zero-order valence-electron chi connectivity index (χ0n) is 13.1. The van der Waals surface area contributed by atoms with Crippen molar-refractivity contribution in [2.45, 2.75) is 38.1 Å². The lowest BCUT2D eigenvalue weighted by molar-refractivity contribution is 0.0504. The Labute approximate surface area is 127 Å². The summed E-state index contributed by atoms with van der Waals surface area (Å²) in [4.78, 5) is 13.9. The number of carbonyl (C=O) groups is 1. The molecule has 116 valence electrons. The van der Waals surface area contributed by atoms with E-state index < -0.39 is 0 Å². The van der Waals surface area contributed by atoms with Crippen LogP contribution in [-0.2, 0) is 4.74 Å².